The Morgan fingerprint density at radius 3 is 2.33 bits per heavy atom. The average Bonchev–Trinajstić information content (AvgIpc) is 2.33. The first-order chi connectivity index (χ1) is 8.65. The number of aromatic nitrogens is 1. The third-order valence-corrected chi connectivity index (χ3v) is 3.38. The molecule has 0 atom stereocenters. The SMILES string of the molecule is CCCCCCCCCc1cc(O)cc(=O)n1C. The van der Waals surface area contributed by atoms with Gasteiger partial charge in [-0.05, 0) is 18.9 Å². The van der Waals surface area contributed by atoms with Crippen LogP contribution in [0.1, 0.15) is 57.6 Å². The van der Waals surface area contributed by atoms with E-state index in [1.165, 1.54) is 44.6 Å². The summed E-state index contributed by atoms with van der Waals surface area (Å²) in [5.41, 5.74) is 0.793. The van der Waals surface area contributed by atoms with Gasteiger partial charge in [0.15, 0.2) is 0 Å². The number of rotatable bonds is 8. The quantitative estimate of drug-likeness (QED) is 0.720. The molecule has 0 spiro atoms. The Morgan fingerprint density at radius 1 is 1.06 bits per heavy atom. The molecule has 18 heavy (non-hydrogen) atoms. The van der Waals surface area contributed by atoms with Crippen molar-refractivity contribution in [3.63, 3.8) is 0 Å². The summed E-state index contributed by atoms with van der Waals surface area (Å²) in [6, 6.07) is 2.95. The maximum absolute atomic E-state index is 11.5. The Morgan fingerprint density at radius 2 is 1.67 bits per heavy atom. The summed E-state index contributed by atoms with van der Waals surface area (Å²) in [6.45, 7) is 2.22. The van der Waals surface area contributed by atoms with Crippen molar-refractivity contribution < 1.29 is 5.11 Å². The lowest BCUT2D eigenvalue weighted by Gasteiger charge is -2.08. The molecule has 1 aromatic heterocycles. The molecule has 0 fully saturated rings. The molecular formula is C15H25NO2. The van der Waals surface area contributed by atoms with E-state index in [2.05, 4.69) is 6.92 Å². The van der Waals surface area contributed by atoms with E-state index in [0.717, 1.165) is 18.5 Å². The molecule has 1 heterocycles. The molecule has 1 aromatic rings. The van der Waals surface area contributed by atoms with Gasteiger partial charge in [0.2, 0.25) is 0 Å². The molecule has 1 rings (SSSR count). The highest BCUT2D eigenvalue weighted by atomic mass is 16.3. The third-order valence-electron chi connectivity index (χ3n) is 3.38. The van der Waals surface area contributed by atoms with E-state index < -0.39 is 0 Å². The van der Waals surface area contributed by atoms with E-state index in [0.29, 0.717) is 0 Å². The summed E-state index contributed by atoms with van der Waals surface area (Å²) in [7, 11) is 1.76. The molecule has 0 radical (unpaired) electrons. The Bertz CT molecular complexity index is 409. The summed E-state index contributed by atoms with van der Waals surface area (Å²) in [6.07, 6.45) is 9.69. The molecular weight excluding hydrogens is 226 g/mol. The fraction of sp³-hybridized carbons (Fsp3) is 0.667. The second-order valence-corrected chi connectivity index (χ2v) is 4.97. The minimum Gasteiger partial charge on any atom is -0.508 e. The van der Waals surface area contributed by atoms with Crippen molar-refractivity contribution in [2.45, 2.75) is 58.3 Å². The Kier molecular flexibility index (Phi) is 6.55. The van der Waals surface area contributed by atoms with Gasteiger partial charge < -0.3 is 9.67 Å². The molecule has 102 valence electrons. The lowest BCUT2D eigenvalue weighted by atomic mass is 10.1. The van der Waals surface area contributed by atoms with Crippen LogP contribution in [0.25, 0.3) is 0 Å². The van der Waals surface area contributed by atoms with E-state index >= 15 is 0 Å². The molecule has 0 amide bonds. The van der Waals surface area contributed by atoms with Gasteiger partial charge in [0.05, 0.1) is 0 Å². The molecule has 0 unspecified atom stereocenters. The van der Waals surface area contributed by atoms with Gasteiger partial charge in [-0.15, -0.1) is 0 Å². The summed E-state index contributed by atoms with van der Waals surface area (Å²) >= 11 is 0. The van der Waals surface area contributed by atoms with Crippen LogP contribution in [0.5, 0.6) is 5.75 Å². The topological polar surface area (TPSA) is 42.2 Å². The zero-order valence-electron chi connectivity index (χ0n) is 11.6. The minimum absolute atomic E-state index is 0.0797. The highest BCUT2D eigenvalue weighted by Gasteiger charge is 2.02. The Hall–Kier alpha value is -1.25. The standard InChI is InChI=1S/C15H25NO2/c1-3-4-5-6-7-8-9-10-13-11-14(17)12-15(18)16(13)2/h11-12,17H,3-10H2,1-2H3. The largest absolute Gasteiger partial charge is 0.508 e. The first kappa shape index (κ1) is 14.8. The van der Waals surface area contributed by atoms with Crippen LogP contribution in [-0.2, 0) is 13.5 Å². The van der Waals surface area contributed by atoms with Crippen LogP contribution in [0.3, 0.4) is 0 Å². The molecule has 0 aliphatic carbocycles. The molecule has 0 aliphatic rings. The lowest BCUT2D eigenvalue weighted by Crippen LogP contribution is -2.18. The highest BCUT2D eigenvalue weighted by Crippen LogP contribution is 2.12. The molecule has 0 saturated carbocycles. The van der Waals surface area contributed by atoms with Crippen molar-refractivity contribution in [2.24, 2.45) is 7.05 Å². The van der Waals surface area contributed by atoms with Crippen molar-refractivity contribution >= 4 is 0 Å². The fourth-order valence-corrected chi connectivity index (χ4v) is 2.18. The zero-order chi connectivity index (χ0) is 13.4. The van der Waals surface area contributed by atoms with Crippen molar-refractivity contribution in [1.29, 1.82) is 0 Å². The smallest absolute Gasteiger partial charge is 0.254 e. The highest BCUT2D eigenvalue weighted by molar-refractivity contribution is 5.22. The minimum atomic E-state index is -0.132. The van der Waals surface area contributed by atoms with Gasteiger partial charge in [-0.25, -0.2) is 0 Å². The van der Waals surface area contributed by atoms with Crippen LogP contribution in [0.4, 0.5) is 0 Å². The van der Waals surface area contributed by atoms with Crippen LogP contribution in [-0.4, -0.2) is 9.67 Å². The first-order valence-electron chi connectivity index (χ1n) is 7.04. The van der Waals surface area contributed by atoms with Gasteiger partial charge in [0, 0.05) is 18.8 Å². The van der Waals surface area contributed by atoms with Crippen molar-refractivity contribution in [3.05, 3.63) is 28.2 Å². The van der Waals surface area contributed by atoms with Gasteiger partial charge in [-0.1, -0.05) is 45.4 Å². The van der Waals surface area contributed by atoms with E-state index in [1.807, 2.05) is 0 Å². The zero-order valence-corrected chi connectivity index (χ0v) is 11.6. The number of aromatic hydroxyl groups is 1. The monoisotopic (exact) mass is 251 g/mol. The summed E-state index contributed by atoms with van der Waals surface area (Å²) < 4.78 is 1.62. The molecule has 0 aliphatic heterocycles. The van der Waals surface area contributed by atoms with Gasteiger partial charge in [-0.2, -0.15) is 0 Å². The van der Waals surface area contributed by atoms with E-state index in [-0.39, 0.29) is 11.3 Å². The van der Waals surface area contributed by atoms with Gasteiger partial charge >= 0.3 is 0 Å². The summed E-state index contributed by atoms with van der Waals surface area (Å²) in [5.74, 6) is 0.0797. The van der Waals surface area contributed by atoms with Crippen molar-refractivity contribution in [3.8, 4) is 5.75 Å². The van der Waals surface area contributed by atoms with E-state index in [9.17, 15) is 9.90 Å². The van der Waals surface area contributed by atoms with E-state index in [1.54, 1.807) is 17.7 Å². The Labute approximate surface area is 109 Å². The molecule has 3 nitrogen and oxygen atoms in total. The van der Waals surface area contributed by atoms with Gasteiger partial charge in [0.25, 0.3) is 5.56 Å². The number of hydrogen-bond acceptors (Lipinski definition) is 2. The molecule has 0 bridgehead atoms. The normalized spacial score (nSPS) is 10.8. The Balaban J connectivity index is 2.29. The number of hydrogen-bond donors (Lipinski definition) is 1. The first-order valence-corrected chi connectivity index (χ1v) is 7.04. The van der Waals surface area contributed by atoms with E-state index in [4.69, 9.17) is 0 Å². The van der Waals surface area contributed by atoms with Crippen molar-refractivity contribution in [1.82, 2.24) is 4.57 Å². The lowest BCUT2D eigenvalue weighted by molar-refractivity contribution is 0.469. The second kappa shape index (κ2) is 7.96. The second-order valence-electron chi connectivity index (χ2n) is 4.97. The predicted molar refractivity (Wildman–Crippen MR) is 75.0 cm³/mol. The fourth-order valence-electron chi connectivity index (χ4n) is 2.18. The number of nitrogens with zero attached hydrogens (tertiary/aromatic N) is 1. The maximum Gasteiger partial charge on any atom is 0.254 e. The number of pyridine rings is 1. The molecule has 0 aromatic carbocycles. The predicted octanol–water partition coefficient (Wildman–Crippen LogP) is 3.38. The van der Waals surface area contributed by atoms with Gasteiger partial charge in [-0.3, -0.25) is 4.79 Å². The number of unbranched alkanes of at least 4 members (excludes halogenated alkanes) is 6. The number of aryl methyl sites for hydroxylation is 1. The van der Waals surface area contributed by atoms with Crippen LogP contribution in [0.15, 0.2) is 16.9 Å². The summed E-state index contributed by atoms with van der Waals surface area (Å²) in [5, 5.41) is 9.40. The van der Waals surface area contributed by atoms with Crippen LogP contribution in [0.2, 0.25) is 0 Å². The molecule has 1 N–H and O–H groups in total. The summed E-state index contributed by atoms with van der Waals surface area (Å²) in [4.78, 5) is 11.5. The van der Waals surface area contributed by atoms with Crippen LogP contribution < -0.4 is 5.56 Å². The van der Waals surface area contributed by atoms with Gasteiger partial charge in [0.1, 0.15) is 5.75 Å². The average molecular weight is 251 g/mol. The van der Waals surface area contributed by atoms with Crippen molar-refractivity contribution in [2.75, 3.05) is 0 Å². The maximum atomic E-state index is 11.5. The third kappa shape index (κ3) is 4.94. The van der Waals surface area contributed by atoms with Crippen LogP contribution in [0, 0.1) is 0 Å². The molecule has 0 saturated heterocycles. The molecule has 3 heteroatoms. The van der Waals surface area contributed by atoms with Crippen LogP contribution >= 0.6 is 0 Å².